The summed E-state index contributed by atoms with van der Waals surface area (Å²) in [4.78, 5) is 0. The van der Waals surface area contributed by atoms with E-state index in [-0.39, 0.29) is 6.61 Å². The van der Waals surface area contributed by atoms with Gasteiger partial charge in [0.15, 0.2) is 12.4 Å². The van der Waals surface area contributed by atoms with Gasteiger partial charge in [0.05, 0.1) is 6.61 Å². The SMILES string of the molecule is CCCCCCC1OCC(C(F)(F)F)O1. The second kappa shape index (κ2) is 5.70. The highest BCUT2D eigenvalue weighted by atomic mass is 19.4. The van der Waals surface area contributed by atoms with Crippen LogP contribution in [0.15, 0.2) is 0 Å². The summed E-state index contributed by atoms with van der Waals surface area (Å²) in [6, 6.07) is 0. The number of rotatable bonds is 5. The van der Waals surface area contributed by atoms with Gasteiger partial charge >= 0.3 is 6.18 Å². The molecule has 0 N–H and O–H groups in total. The maximum Gasteiger partial charge on any atom is 0.417 e. The van der Waals surface area contributed by atoms with Crippen LogP contribution in [-0.4, -0.2) is 25.2 Å². The van der Waals surface area contributed by atoms with Crippen molar-refractivity contribution in [3.05, 3.63) is 0 Å². The van der Waals surface area contributed by atoms with E-state index in [4.69, 9.17) is 9.47 Å². The van der Waals surface area contributed by atoms with Crippen molar-refractivity contribution < 1.29 is 22.6 Å². The fourth-order valence-corrected chi connectivity index (χ4v) is 1.52. The molecule has 1 aliphatic rings. The third-order valence-corrected chi connectivity index (χ3v) is 2.41. The molecule has 1 saturated heterocycles. The monoisotopic (exact) mass is 226 g/mol. The van der Waals surface area contributed by atoms with Crippen LogP contribution in [0, 0.1) is 0 Å². The molecule has 0 saturated carbocycles. The van der Waals surface area contributed by atoms with Crippen LogP contribution >= 0.6 is 0 Å². The molecule has 0 aromatic rings. The van der Waals surface area contributed by atoms with Crippen molar-refractivity contribution in [2.45, 2.75) is 57.6 Å². The van der Waals surface area contributed by atoms with Gasteiger partial charge in [0.2, 0.25) is 0 Å². The number of hydrogen-bond donors (Lipinski definition) is 0. The van der Waals surface area contributed by atoms with E-state index in [9.17, 15) is 13.2 Å². The van der Waals surface area contributed by atoms with Gasteiger partial charge in [-0.15, -0.1) is 0 Å². The molecule has 90 valence electrons. The molecule has 0 aromatic heterocycles. The van der Waals surface area contributed by atoms with Gasteiger partial charge in [-0.05, 0) is 12.8 Å². The van der Waals surface area contributed by atoms with Crippen LogP contribution in [0.5, 0.6) is 0 Å². The first-order valence-corrected chi connectivity index (χ1v) is 5.38. The highest BCUT2D eigenvalue weighted by Gasteiger charge is 2.46. The number of hydrogen-bond acceptors (Lipinski definition) is 2. The Kier molecular flexibility index (Phi) is 4.86. The lowest BCUT2D eigenvalue weighted by atomic mass is 10.1. The van der Waals surface area contributed by atoms with Crippen molar-refractivity contribution in [3.63, 3.8) is 0 Å². The Labute approximate surface area is 87.7 Å². The number of unbranched alkanes of at least 4 members (excludes halogenated alkanes) is 3. The van der Waals surface area contributed by atoms with Crippen LogP contribution in [-0.2, 0) is 9.47 Å². The lowest BCUT2D eigenvalue weighted by Crippen LogP contribution is -2.31. The largest absolute Gasteiger partial charge is 0.417 e. The van der Waals surface area contributed by atoms with E-state index in [1.54, 1.807) is 0 Å². The number of alkyl halides is 3. The summed E-state index contributed by atoms with van der Waals surface area (Å²) in [5, 5.41) is 0. The molecule has 2 atom stereocenters. The van der Waals surface area contributed by atoms with Gasteiger partial charge in [0.1, 0.15) is 0 Å². The van der Waals surface area contributed by atoms with Gasteiger partial charge in [-0.2, -0.15) is 13.2 Å². The van der Waals surface area contributed by atoms with E-state index in [0.717, 1.165) is 25.7 Å². The molecule has 0 bridgehead atoms. The molecule has 0 aromatic carbocycles. The first kappa shape index (κ1) is 12.8. The Morgan fingerprint density at radius 1 is 1.20 bits per heavy atom. The first-order chi connectivity index (χ1) is 7.04. The molecule has 0 aliphatic carbocycles. The highest BCUT2D eigenvalue weighted by Crippen LogP contribution is 2.30. The smallest absolute Gasteiger partial charge is 0.350 e. The molecule has 0 radical (unpaired) electrons. The van der Waals surface area contributed by atoms with Crippen molar-refractivity contribution in [1.29, 1.82) is 0 Å². The third kappa shape index (κ3) is 4.38. The third-order valence-electron chi connectivity index (χ3n) is 2.41. The molecule has 2 nitrogen and oxygen atoms in total. The lowest BCUT2D eigenvalue weighted by Gasteiger charge is -2.13. The predicted molar refractivity (Wildman–Crippen MR) is 49.4 cm³/mol. The van der Waals surface area contributed by atoms with Gasteiger partial charge in [-0.3, -0.25) is 0 Å². The maximum atomic E-state index is 12.2. The lowest BCUT2D eigenvalue weighted by molar-refractivity contribution is -0.214. The highest BCUT2D eigenvalue weighted by molar-refractivity contribution is 4.72. The Morgan fingerprint density at radius 3 is 2.47 bits per heavy atom. The number of ether oxygens (including phenoxy) is 2. The van der Waals surface area contributed by atoms with Gasteiger partial charge in [0, 0.05) is 0 Å². The molecule has 1 aliphatic heterocycles. The van der Waals surface area contributed by atoms with E-state index in [1.807, 2.05) is 0 Å². The molecule has 0 amide bonds. The van der Waals surface area contributed by atoms with Crippen LogP contribution in [0.1, 0.15) is 39.0 Å². The van der Waals surface area contributed by atoms with Crippen LogP contribution in [0.25, 0.3) is 0 Å². The molecule has 1 fully saturated rings. The van der Waals surface area contributed by atoms with Crippen molar-refractivity contribution in [3.8, 4) is 0 Å². The topological polar surface area (TPSA) is 18.5 Å². The van der Waals surface area contributed by atoms with Crippen LogP contribution in [0.4, 0.5) is 13.2 Å². The summed E-state index contributed by atoms with van der Waals surface area (Å²) >= 11 is 0. The molecular weight excluding hydrogens is 209 g/mol. The summed E-state index contributed by atoms with van der Waals surface area (Å²) in [5.74, 6) is 0. The summed E-state index contributed by atoms with van der Waals surface area (Å²) in [6.45, 7) is 1.73. The maximum absolute atomic E-state index is 12.2. The summed E-state index contributed by atoms with van der Waals surface area (Å²) in [7, 11) is 0. The second-order valence-electron chi connectivity index (χ2n) is 3.78. The zero-order valence-corrected chi connectivity index (χ0v) is 8.85. The Morgan fingerprint density at radius 2 is 1.93 bits per heavy atom. The molecule has 1 rings (SSSR count). The Bertz CT molecular complexity index is 182. The molecule has 5 heteroatoms. The zero-order chi connectivity index (χ0) is 11.3. The molecular formula is C10H17F3O2. The Hall–Kier alpha value is -0.290. The minimum Gasteiger partial charge on any atom is -0.350 e. The van der Waals surface area contributed by atoms with Crippen LogP contribution in [0.2, 0.25) is 0 Å². The summed E-state index contributed by atoms with van der Waals surface area (Å²) in [6.07, 6.45) is -2.01. The molecule has 0 spiro atoms. The van der Waals surface area contributed by atoms with E-state index >= 15 is 0 Å². The second-order valence-corrected chi connectivity index (χ2v) is 3.78. The Balaban J connectivity index is 2.14. The summed E-state index contributed by atoms with van der Waals surface area (Å²) < 4.78 is 46.2. The number of halogens is 3. The average Bonchev–Trinajstić information content (AvgIpc) is 2.60. The standard InChI is InChI=1S/C10H17F3O2/c1-2-3-4-5-6-9-14-7-8(15-9)10(11,12)13/h8-9H,2-7H2,1H3. The molecule has 2 unspecified atom stereocenters. The van der Waals surface area contributed by atoms with Crippen molar-refractivity contribution in [2.24, 2.45) is 0 Å². The van der Waals surface area contributed by atoms with Crippen LogP contribution in [0.3, 0.4) is 0 Å². The predicted octanol–water partition coefficient (Wildman–Crippen LogP) is 3.26. The van der Waals surface area contributed by atoms with Crippen molar-refractivity contribution in [2.75, 3.05) is 6.61 Å². The van der Waals surface area contributed by atoms with Gasteiger partial charge < -0.3 is 9.47 Å². The van der Waals surface area contributed by atoms with E-state index in [2.05, 4.69) is 6.92 Å². The van der Waals surface area contributed by atoms with Crippen molar-refractivity contribution in [1.82, 2.24) is 0 Å². The van der Waals surface area contributed by atoms with E-state index < -0.39 is 18.6 Å². The van der Waals surface area contributed by atoms with E-state index in [1.165, 1.54) is 0 Å². The minimum absolute atomic E-state index is 0.359. The fraction of sp³-hybridized carbons (Fsp3) is 1.00. The summed E-state index contributed by atoms with van der Waals surface area (Å²) in [5.41, 5.74) is 0. The average molecular weight is 226 g/mol. The fourth-order valence-electron chi connectivity index (χ4n) is 1.52. The molecule has 15 heavy (non-hydrogen) atoms. The van der Waals surface area contributed by atoms with Crippen LogP contribution < -0.4 is 0 Å². The normalized spacial score (nSPS) is 27.2. The van der Waals surface area contributed by atoms with Gasteiger partial charge in [-0.25, -0.2) is 0 Å². The van der Waals surface area contributed by atoms with Gasteiger partial charge in [0.25, 0.3) is 0 Å². The zero-order valence-electron chi connectivity index (χ0n) is 8.85. The molecule has 1 heterocycles. The minimum atomic E-state index is -4.29. The van der Waals surface area contributed by atoms with Crippen molar-refractivity contribution >= 4 is 0 Å². The quantitative estimate of drug-likeness (QED) is 0.670. The van der Waals surface area contributed by atoms with E-state index in [0.29, 0.717) is 6.42 Å². The van der Waals surface area contributed by atoms with Gasteiger partial charge in [-0.1, -0.05) is 26.2 Å². The first-order valence-electron chi connectivity index (χ1n) is 5.38.